The van der Waals surface area contributed by atoms with Gasteiger partial charge in [-0.3, -0.25) is 9.48 Å². The van der Waals surface area contributed by atoms with Crippen LogP contribution in [0.25, 0.3) is 0 Å². The highest BCUT2D eigenvalue weighted by atomic mass is 32.2. The molecular weight excluding hydrogens is 284 g/mol. The highest BCUT2D eigenvalue weighted by Crippen LogP contribution is 2.31. The van der Waals surface area contributed by atoms with Gasteiger partial charge in [0.05, 0.1) is 0 Å². The molecule has 2 aliphatic heterocycles. The van der Waals surface area contributed by atoms with Crippen molar-refractivity contribution >= 4 is 17.7 Å². The summed E-state index contributed by atoms with van der Waals surface area (Å²) >= 11 is 2.00. The summed E-state index contributed by atoms with van der Waals surface area (Å²) in [5.74, 6) is 1.32. The maximum absolute atomic E-state index is 13.3. The van der Waals surface area contributed by atoms with Gasteiger partial charge in [-0.2, -0.15) is 16.9 Å². The van der Waals surface area contributed by atoms with Crippen molar-refractivity contribution in [3.05, 3.63) is 18.5 Å². The Kier molecular flexibility index (Phi) is 4.54. The minimum absolute atomic E-state index is 0.270. The van der Waals surface area contributed by atoms with Gasteiger partial charge >= 0.3 is 0 Å². The molecule has 0 aliphatic carbocycles. The summed E-state index contributed by atoms with van der Waals surface area (Å²) in [5, 5.41) is 8.35. The molecule has 0 bridgehead atoms. The van der Waals surface area contributed by atoms with Gasteiger partial charge < -0.3 is 10.2 Å². The second-order valence-corrected chi connectivity index (χ2v) is 7.29. The van der Waals surface area contributed by atoms with Crippen LogP contribution in [0, 0.1) is 0 Å². The molecule has 6 heteroatoms. The van der Waals surface area contributed by atoms with Gasteiger partial charge in [-0.1, -0.05) is 6.92 Å². The van der Waals surface area contributed by atoms with Crippen LogP contribution in [0.15, 0.2) is 18.5 Å². The second-order valence-electron chi connectivity index (χ2n) is 5.88. The average molecular weight is 308 g/mol. The van der Waals surface area contributed by atoms with Gasteiger partial charge in [0.25, 0.3) is 5.91 Å². The van der Waals surface area contributed by atoms with Crippen molar-refractivity contribution in [1.29, 1.82) is 0 Å². The molecule has 0 saturated carbocycles. The molecule has 0 radical (unpaired) electrons. The first kappa shape index (κ1) is 14.9. The number of carbonyl (C=O) groups is 1. The van der Waals surface area contributed by atoms with Gasteiger partial charge in [0.2, 0.25) is 0 Å². The van der Waals surface area contributed by atoms with Gasteiger partial charge in [-0.05, 0) is 38.4 Å². The molecule has 116 valence electrons. The highest BCUT2D eigenvalue weighted by Gasteiger charge is 2.45. The third-order valence-corrected chi connectivity index (χ3v) is 6.03. The van der Waals surface area contributed by atoms with E-state index in [1.165, 1.54) is 0 Å². The number of piperidine rings is 1. The van der Waals surface area contributed by atoms with Crippen LogP contribution in [-0.4, -0.2) is 57.8 Å². The Hall–Kier alpha value is -1.01. The Morgan fingerprint density at radius 2 is 2.29 bits per heavy atom. The van der Waals surface area contributed by atoms with Crippen molar-refractivity contribution in [1.82, 2.24) is 20.0 Å². The molecule has 5 nitrogen and oxygen atoms in total. The zero-order chi connectivity index (χ0) is 14.7. The van der Waals surface area contributed by atoms with E-state index < -0.39 is 5.54 Å². The predicted octanol–water partition coefficient (Wildman–Crippen LogP) is 1.32. The van der Waals surface area contributed by atoms with Crippen molar-refractivity contribution in [2.45, 2.75) is 37.0 Å². The standard InChI is InChI=1S/C15H24N4OS/c1-2-13-12-18(10-11-21-13)14(20)15(4-7-16-8-5-15)19-9-3-6-17-19/h3,6,9,13,16H,2,4-5,7-8,10-12H2,1H3. The number of thioether (sulfide) groups is 1. The summed E-state index contributed by atoms with van der Waals surface area (Å²) in [6.07, 6.45) is 6.50. The summed E-state index contributed by atoms with van der Waals surface area (Å²) in [5.41, 5.74) is -0.477. The smallest absolute Gasteiger partial charge is 0.250 e. The fourth-order valence-corrected chi connectivity index (χ4v) is 4.53. The number of carbonyl (C=O) groups excluding carboxylic acids is 1. The minimum Gasteiger partial charge on any atom is -0.339 e. The van der Waals surface area contributed by atoms with Gasteiger partial charge in [0.15, 0.2) is 0 Å². The van der Waals surface area contributed by atoms with Crippen LogP contribution in [0.5, 0.6) is 0 Å². The summed E-state index contributed by atoms with van der Waals surface area (Å²) in [6, 6.07) is 1.91. The van der Waals surface area contributed by atoms with Crippen LogP contribution in [0.3, 0.4) is 0 Å². The molecule has 3 heterocycles. The molecule has 1 amide bonds. The van der Waals surface area contributed by atoms with Crippen molar-refractivity contribution < 1.29 is 4.79 Å². The normalized spacial score (nSPS) is 25.8. The van der Waals surface area contributed by atoms with E-state index in [-0.39, 0.29) is 5.91 Å². The van der Waals surface area contributed by atoms with E-state index in [9.17, 15) is 4.79 Å². The monoisotopic (exact) mass is 308 g/mol. The Morgan fingerprint density at radius 1 is 1.48 bits per heavy atom. The van der Waals surface area contributed by atoms with Crippen LogP contribution < -0.4 is 5.32 Å². The SMILES string of the molecule is CCC1CN(C(=O)C2(n3cccn3)CCNCC2)CCS1. The Morgan fingerprint density at radius 3 is 2.95 bits per heavy atom. The van der Waals surface area contributed by atoms with E-state index in [1.54, 1.807) is 6.20 Å². The lowest BCUT2D eigenvalue weighted by atomic mass is 9.86. The third-order valence-electron chi connectivity index (χ3n) is 4.65. The molecule has 0 spiro atoms. The zero-order valence-electron chi connectivity index (χ0n) is 12.6. The minimum atomic E-state index is -0.477. The quantitative estimate of drug-likeness (QED) is 0.915. The zero-order valence-corrected chi connectivity index (χ0v) is 13.4. The third kappa shape index (κ3) is 2.83. The largest absolute Gasteiger partial charge is 0.339 e. The van der Waals surface area contributed by atoms with E-state index in [4.69, 9.17) is 0 Å². The molecule has 21 heavy (non-hydrogen) atoms. The first-order valence-electron chi connectivity index (χ1n) is 7.88. The lowest BCUT2D eigenvalue weighted by Crippen LogP contribution is -2.57. The lowest BCUT2D eigenvalue weighted by Gasteiger charge is -2.42. The van der Waals surface area contributed by atoms with Crippen LogP contribution in [0.4, 0.5) is 0 Å². The Bertz CT molecular complexity index is 470. The van der Waals surface area contributed by atoms with Crippen molar-refractivity contribution in [3.8, 4) is 0 Å². The van der Waals surface area contributed by atoms with E-state index in [2.05, 4.69) is 22.2 Å². The topological polar surface area (TPSA) is 50.2 Å². The second kappa shape index (κ2) is 6.40. The highest BCUT2D eigenvalue weighted by molar-refractivity contribution is 8.00. The molecule has 1 atom stereocenters. The van der Waals surface area contributed by atoms with Crippen molar-refractivity contribution in [2.75, 3.05) is 31.9 Å². The summed E-state index contributed by atoms with van der Waals surface area (Å²) < 4.78 is 1.90. The maximum atomic E-state index is 13.3. The number of nitrogens with one attached hydrogen (secondary N) is 1. The van der Waals surface area contributed by atoms with Gasteiger partial charge in [-0.25, -0.2) is 0 Å². The fourth-order valence-electron chi connectivity index (χ4n) is 3.35. The molecule has 1 N–H and O–H groups in total. The number of amides is 1. The number of hydrogen-bond donors (Lipinski definition) is 1. The number of hydrogen-bond acceptors (Lipinski definition) is 4. The summed E-state index contributed by atoms with van der Waals surface area (Å²) in [4.78, 5) is 15.3. The van der Waals surface area contributed by atoms with Crippen LogP contribution >= 0.6 is 11.8 Å². The summed E-state index contributed by atoms with van der Waals surface area (Å²) in [6.45, 7) is 5.73. The van der Waals surface area contributed by atoms with E-state index >= 15 is 0 Å². The fraction of sp³-hybridized carbons (Fsp3) is 0.733. The summed E-state index contributed by atoms with van der Waals surface area (Å²) in [7, 11) is 0. The molecule has 1 unspecified atom stereocenters. The van der Waals surface area contributed by atoms with Crippen molar-refractivity contribution in [2.24, 2.45) is 0 Å². The number of aromatic nitrogens is 2. The van der Waals surface area contributed by atoms with E-state index in [0.29, 0.717) is 5.25 Å². The van der Waals surface area contributed by atoms with Crippen molar-refractivity contribution in [3.63, 3.8) is 0 Å². The average Bonchev–Trinajstić information content (AvgIpc) is 3.10. The van der Waals surface area contributed by atoms with Gasteiger partial charge in [0, 0.05) is 36.5 Å². The van der Waals surface area contributed by atoms with Gasteiger partial charge in [-0.15, -0.1) is 0 Å². The molecule has 1 aromatic heterocycles. The van der Waals surface area contributed by atoms with Crippen LogP contribution in [0.2, 0.25) is 0 Å². The van der Waals surface area contributed by atoms with E-state index in [1.807, 2.05) is 28.7 Å². The molecule has 0 aromatic carbocycles. The molecule has 2 aliphatic rings. The molecular formula is C15H24N4OS. The number of nitrogens with zero attached hydrogens (tertiary/aromatic N) is 3. The van der Waals surface area contributed by atoms with E-state index in [0.717, 1.165) is 51.2 Å². The maximum Gasteiger partial charge on any atom is 0.250 e. The van der Waals surface area contributed by atoms with Gasteiger partial charge in [0.1, 0.15) is 5.54 Å². The molecule has 2 saturated heterocycles. The molecule has 2 fully saturated rings. The van der Waals surface area contributed by atoms with Crippen LogP contribution in [-0.2, 0) is 10.3 Å². The van der Waals surface area contributed by atoms with Crippen LogP contribution in [0.1, 0.15) is 26.2 Å². The number of rotatable bonds is 3. The Labute approximate surface area is 130 Å². The first-order valence-corrected chi connectivity index (χ1v) is 8.93. The lowest BCUT2D eigenvalue weighted by molar-refractivity contribution is -0.143. The molecule has 3 rings (SSSR count). The predicted molar refractivity (Wildman–Crippen MR) is 85.4 cm³/mol. The molecule has 1 aromatic rings. The Balaban J connectivity index is 1.84. The first-order chi connectivity index (χ1) is 10.3.